The highest BCUT2D eigenvalue weighted by atomic mass is 32.2. The van der Waals surface area contributed by atoms with Gasteiger partial charge in [0.25, 0.3) is 10.0 Å². The fourth-order valence-corrected chi connectivity index (χ4v) is 5.41. The first-order valence-electron chi connectivity index (χ1n) is 11.0. The molecular weight excluding hydrogens is 442 g/mol. The van der Waals surface area contributed by atoms with E-state index >= 15 is 0 Å². The molecule has 1 aromatic heterocycles. The number of benzene rings is 3. The van der Waals surface area contributed by atoms with E-state index in [4.69, 9.17) is 0 Å². The summed E-state index contributed by atoms with van der Waals surface area (Å²) < 4.78 is 31.9. The molecule has 0 radical (unpaired) electrons. The lowest BCUT2D eigenvalue weighted by atomic mass is 10.0. The van der Waals surface area contributed by atoms with E-state index in [0.717, 1.165) is 22.4 Å². The summed E-state index contributed by atoms with van der Waals surface area (Å²) in [6.07, 6.45) is 0. The van der Waals surface area contributed by atoms with E-state index in [0.29, 0.717) is 5.56 Å². The summed E-state index contributed by atoms with van der Waals surface area (Å²) in [4.78, 5) is 0.165. The largest absolute Gasteiger partial charge is 0.325 e. The van der Waals surface area contributed by atoms with Crippen LogP contribution in [0.2, 0.25) is 0 Å². The van der Waals surface area contributed by atoms with Gasteiger partial charge in [0, 0.05) is 11.1 Å². The van der Waals surface area contributed by atoms with E-state index in [2.05, 4.69) is 10.8 Å². The highest BCUT2D eigenvalue weighted by molar-refractivity contribution is 7.92. The van der Waals surface area contributed by atoms with Crippen molar-refractivity contribution < 1.29 is 8.42 Å². The average molecular weight is 470 g/mol. The molecule has 5 nitrogen and oxygen atoms in total. The standard InChI is InChI=1S/C28H27N3O2S/c1-20-15-16-27(23(17-20)21-11-7-5-8-12-21)34(32,33)30-24-18-25(22-13-9-6-10-14-22)31(26(24)19-29)28(2,3)4/h5-18,30H,1-4H3. The third-order valence-corrected chi connectivity index (χ3v) is 7.02. The molecule has 4 aromatic rings. The van der Waals surface area contributed by atoms with Gasteiger partial charge in [-0.25, -0.2) is 8.42 Å². The lowest BCUT2D eigenvalue weighted by Gasteiger charge is -2.26. The van der Waals surface area contributed by atoms with Crippen molar-refractivity contribution in [1.29, 1.82) is 5.26 Å². The maximum absolute atomic E-state index is 13.7. The number of anilines is 1. The Morgan fingerprint density at radius 1 is 0.853 bits per heavy atom. The number of sulfonamides is 1. The highest BCUT2D eigenvalue weighted by Crippen LogP contribution is 2.36. The maximum Gasteiger partial charge on any atom is 0.262 e. The second-order valence-corrected chi connectivity index (χ2v) is 10.9. The summed E-state index contributed by atoms with van der Waals surface area (Å²) in [7, 11) is -3.99. The van der Waals surface area contributed by atoms with Crippen LogP contribution < -0.4 is 4.72 Å². The van der Waals surface area contributed by atoms with Crippen molar-refractivity contribution in [1.82, 2.24) is 4.57 Å². The van der Waals surface area contributed by atoms with Gasteiger partial charge in [-0.15, -0.1) is 0 Å². The average Bonchev–Trinajstić information content (AvgIpc) is 3.18. The van der Waals surface area contributed by atoms with Crippen LogP contribution in [-0.2, 0) is 15.6 Å². The Kier molecular flexibility index (Phi) is 6.07. The smallest absolute Gasteiger partial charge is 0.262 e. The van der Waals surface area contributed by atoms with Crippen LogP contribution in [0.4, 0.5) is 5.69 Å². The summed E-state index contributed by atoms with van der Waals surface area (Å²) >= 11 is 0. The van der Waals surface area contributed by atoms with Gasteiger partial charge < -0.3 is 4.57 Å². The summed E-state index contributed by atoms with van der Waals surface area (Å²) in [5.74, 6) is 0. The summed E-state index contributed by atoms with van der Waals surface area (Å²) in [6, 6.07) is 28.3. The van der Waals surface area contributed by atoms with E-state index in [9.17, 15) is 13.7 Å². The molecule has 0 aliphatic rings. The summed E-state index contributed by atoms with van der Waals surface area (Å²) in [6.45, 7) is 7.91. The monoisotopic (exact) mass is 469 g/mol. The molecule has 0 aliphatic carbocycles. The van der Waals surface area contributed by atoms with Crippen LogP contribution >= 0.6 is 0 Å². The van der Waals surface area contributed by atoms with Crippen LogP contribution in [0.1, 0.15) is 32.0 Å². The molecule has 1 N–H and O–H groups in total. The molecule has 172 valence electrons. The molecule has 0 saturated heterocycles. The molecule has 0 amide bonds. The minimum absolute atomic E-state index is 0.165. The lowest BCUT2D eigenvalue weighted by Crippen LogP contribution is -2.24. The van der Waals surface area contributed by atoms with E-state index in [-0.39, 0.29) is 16.3 Å². The highest BCUT2D eigenvalue weighted by Gasteiger charge is 2.28. The Labute approximate surface area is 201 Å². The van der Waals surface area contributed by atoms with Crippen LogP contribution in [0, 0.1) is 18.3 Å². The van der Waals surface area contributed by atoms with Crippen molar-refractivity contribution in [3.63, 3.8) is 0 Å². The van der Waals surface area contributed by atoms with E-state index < -0.39 is 15.6 Å². The molecule has 0 fully saturated rings. The normalized spacial score (nSPS) is 11.7. The van der Waals surface area contributed by atoms with Crippen LogP contribution in [0.25, 0.3) is 22.4 Å². The number of nitrogens with one attached hydrogen (secondary N) is 1. The van der Waals surface area contributed by atoms with Gasteiger partial charge in [0.1, 0.15) is 11.8 Å². The minimum Gasteiger partial charge on any atom is -0.325 e. The van der Waals surface area contributed by atoms with Crippen molar-refractivity contribution in [2.45, 2.75) is 38.1 Å². The Bertz CT molecular complexity index is 1470. The number of nitrogens with zero attached hydrogens (tertiary/aromatic N) is 2. The van der Waals surface area contributed by atoms with Crippen molar-refractivity contribution in [2.75, 3.05) is 4.72 Å². The molecule has 34 heavy (non-hydrogen) atoms. The third-order valence-electron chi connectivity index (χ3n) is 5.60. The topological polar surface area (TPSA) is 74.9 Å². The van der Waals surface area contributed by atoms with Gasteiger partial charge in [0.2, 0.25) is 0 Å². The number of nitriles is 1. The Balaban J connectivity index is 1.87. The number of hydrogen-bond donors (Lipinski definition) is 1. The van der Waals surface area contributed by atoms with E-state index in [1.165, 1.54) is 0 Å². The summed E-state index contributed by atoms with van der Waals surface area (Å²) in [5, 5.41) is 10.1. The van der Waals surface area contributed by atoms with Gasteiger partial charge in [0.05, 0.1) is 16.3 Å². The summed E-state index contributed by atoms with van der Waals surface area (Å²) in [5.41, 5.74) is 4.14. The quantitative estimate of drug-likeness (QED) is 0.360. The zero-order valence-electron chi connectivity index (χ0n) is 19.7. The Morgan fingerprint density at radius 3 is 2.00 bits per heavy atom. The van der Waals surface area contributed by atoms with Crippen molar-refractivity contribution >= 4 is 15.7 Å². The first-order chi connectivity index (χ1) is 16.1. The zero-order chi connectivity index (χ0) is 24.5. The molecule has 6 heteroatoms. The van der Waals surface area contributed by atoms with Crippen molar-refractivity contribution in [3.8, 4) is 28.5 Å². The SMILES string of the molecule is Cc1ccc(S(=O)(=O)Nc2cc(-c3ccccc3)n(C(C)(C)C)c2C#N)c(-c2ccccc2)c1. The van der Waals surface area contributed by atoms with Gasteiger partial charge in [-0.3, -0.25) is 4.72 Å². The Morgan fingerprint density at radius 2 is 1.44 bits per heavy atom. The number of aryl methyl sites for hydroxylation is 1. The predicted octanol–water partition coefficient (Wildman–Crippen LogP) is 6.56. The first-order valence-corrected chi connectivity index (χ1v) is 12.5. The van der Waals surface area contributed by atoms with Gasteiger partial charge in [-0.1, -0.05) is 78.4 Å². The molecule has 0 aliphatic heterocycles. The molecule has 1 heterocycles. The fourth-order valence-electron chi connectivity index (χ4n) is 4.14. The molecule has 4 rings (SSSR count). The number of aromatic nitrogens is 1. The predicted molar refractivity (Wildman–Crippen MR) is 137 cm³/mol. The van der Waals surface area contributed by atoms with Crippen LogP contribution in [0.3, 0.4) is 0 Å². The van der Waals surface area contributed by atoms with Gasteiger partial charge in [0.15, 0.2) is 0 Å². The number of hydrogen-bond acceptors (Lipinski definition) is 3. The first kappa shape index (κ1) is 23.3. The second kappa shape index (κ2) is 8.85. The fraction of sp³-hybridized carbons (Fsp3) is 0.179. The molecule has 0 unspecified atom stereocenters. The minimum atomic E-state index is -3.99. The van der Waals surface area contributed by atoms with E-state index in [1.54, 1.807) is 18.2 Å². The van der Waals surface area contributed by atoms with Gasteiger partial charge >= 0.3 is 0 Å². The molecule has 0 spiro atoms. The van der Waals surface area contributed by atoms with Crippen LogP contribution in [0.15, 0.2) is 89.8 Å². The third kappa shape index (κ3) is 4.48. The van der Waals surface area contributed by atoms with E-state index in [1.807, 2.05) is 99.0 Å². The lowest BCUT2D eigenvalue weighted by molar-refractivity contribution is 0.400. The molecular formula is C28H27N3O2S. The molecule has 0 saturated carbocycles. The van der Waals surface area contributed by atoms with Crippen molar-refractivity contribution in [2.24, 2.45) is 0 Å². The van der Waals surface area contributed by atoms with Crippen LogP contribution in [-0.4, -0.2) is 13.0 Å². The number of rotatable bonds is 5. The molecule has 3 aromatic carbocycles. The Hall–Kier alpha value is -3.82. The van der Waals surface area contributed by atoms with Crippen molar-refractivity contribution in [3.05, 3.63) is 96.2 Å². The van der Waals surface area contributed by atoms with Gasteiger partial charge in [-0.2, -0.15) is 5.26 Å². The maximum atomic E-state index is 13.7. The second-order valence-electron chi connectivity index (χ2n) is 9.25. The van der Waals surface area contributed by atoms with Gasteiger partial charge in [-0.05, 0) is 51.0 Å². The molecule has 0 bridgehead atoms. The molecule has 0 atom stereocenters. The zero-order valence-corrected chi connectivity index (χ0v) is 20.5. The van der Waals surface area contributed by atoms with Crippen LogP contribution in [0.5, 0.6) is 0 Å².